The number of quaternary nitrogens is 1. The highest BCUT2D eigenvalue weighted by Gasteiger charge is 2.38. The van der Waals surface area contributed by atoms with Crippen molar-refractivity contribution in [2.24, 2.45) is 0 Å². The van der Waals surface area contributed by atoms with Crippen molar-refractivity contribution < 1.29 is 14.3 Å². The number of aromatic nitrogens is 3. The fraction of sp³-hybridized carbons (Fsp3) is 0.357. The number of likely N-dealkylation sites (tertiary alicyclic amines) is 1. The van der Waals surface area contributed by atoms with Gasteiger partial charge in [0.25, 0.3) is 0 Å². The number of benzene rings is 1. The van der Waals surface area contributed by atoms with E-state index in [0.29, 0.717) is 22.7 Å². The average Bonchev–Trinajstić information content (AvgIpc) is 3.02. The Labute approximate surface area is 217 Å². The zero-order chi connectivity index (χ0) is 26.0. The van der Waals surface area contributed by atoms with Gasteiger partial charge >= 0.3 is 6.03 Å². The molecule has 2 aliphatic rings. The molecule has 2 aromatic heterocycles. The molecular formula is C28H33N6O3+. The van der Waals surface area contributed by atoms with Gasteiger partial charge in [-0.25, -0.2) is 9.78 Å². The van der Waals surface area contributed by atoms with Crippen LogP contribution in [0.15, 0.2) is 55.6 Å². The van der Waals surface area contributed by atoms with Crippen molar-refractivity contribution in [3.05, 3.63) is 72.5 Å². The summed E-state index contributed by atoms with van der Waals surface area (Å²) in [6.07, 6.45) is 5.51. The zero-order valence-corrected chi connectivity index (χ0v) is 21.6. The highest BCUT2D eigenvalue weighted by molar-refractivity contribution is 5.91. The molecule has 0 aliphatic carbocycles. The number of carbonyl (C=O) groups excluding carboxylic acids is 1. The van der Waals surface area contributed by atoms with Crippen LogP contribution < -0.4 is 19.3 Å². The van der Waals surface area contributed by atoms with Gasteiger partial charge in [-0.15, -0.1) is 0 Å². The Balaban J connectivity index is 1.25. The van der Waals surface area contributed by atoms with Crippen LogP contribution in [0.1, 0.15) is 29.8 Å². The molecule has 2 amide bonds. The van der Waals surface area contributed by atoms with E-state index in [1.165, 1.54) is 6.26 Å². The predicted molar refractivity (Wildman–Crippen MR) is 143 cm³/mol. The van der Waals surface area contributed by atoms with E-state index in [1.807, 2.05) is 55.1 Å². The van der Waals surface area contributed by atoms with Gasteiger partial charge in [0.1, 0.15) is 17.8 Å². The lowest BCUT2D eigenvalue weighted by molar-refractivity contribution is 0.141. The largest absolute Gasteiger partial charge is 0.466 e. The molecule has 0 radical (unpaired) electrons. The minimum absolute atomic E-state index is 0.0436. The van der Waals surface area contributed by atoms with Crippen molar-refractivity contribution in [2.45, 2.75) is 39.2 Å². The summed E-state index contributed by atoms with van der Waals surface area (Å²) in [5.41, 5.74) is 3.71. The van der Waals surface area contributed by atoms with Crippen molar-refractivity contribution in [3.63, 3.8) is 0 Å². The third kappa shape index (κ3) is 5.41. The summed E-state index contributed by atoms with van der Waals surface area (Å²) in [6, 6.07) is 11.6. The number of carbonyl (C=O) groups is 1. The third-order valence-corrected chi connectivity index (χ3v) is 7.23. The lowest BCUT2D eigenvalue weighted by atomic mass is 10.0. The maximum Gasteiger partial charge on any atom is 0.322 e. The Hall–Kier alpha value is -3.98. The molecule has 1 saturated heterocycles. The molecular weight excluding hydrogens is 468 g/mol. The Kier molecular flexibility index (Phi) is 6.80. The maximum atomic E-state index is 13.1. The van der Waals surface area contributed by atoms with Gasteiger partial charge < -0.3 is 19.7 Å². The van der Waals surface area contributed by atoms with Crippen LogP contribution in [0.5, 0.6) is 17.4 Å². The first kappa shape index (κ1) is 24.7. The normalized spacial score (nSPS) is 21.4. The number of rotatable bonds is 6. The number of nitrogens with one attached hydrogen (secondary N) is 1. The number of piperidine rings is 1. The third-order valence-electron chi connectivity index (χ3n) is 7.23. The first-order valence-corrected chi connectivity index (χ1v) is 12.6. The Morgan fingerprint density at radius 2 is 1.84 bits per heavy atom. The molecule has 9 nitrogen and oxygen atoms in total. The molecule has 5 rings (SSSR count). The number of hydrogen-bond donors (Lipinski definition) is 1. The number of urea groups is 1. The van der Waals surface area contributed by atoms with E-state index in [4.69, 9.17) is 9.47 Å². The van der Waals surface area contributed by atoms with Crippen molar-refractivity contribution in [1.82, 2.24) is 24.3 Å². The van der Waals surface area contributed by atoms with E-state index in [0.717, 1.165) is 66.6 Å². The second kappa shape index (κ2) is 10.2. The fourth-order valence-corrected chi connectivity index (χ4v) is 5.27. The molecule has 0 atom stereocenters. The molecule has 1 aromatic carbocycles. The summed E-state index contributed by atoms with van der Waals surface area (Å²) in [7, 11) is 2.18. The average molecular weight is 502 g/mol. The highest BCUT2D eigenvalue weighted by Crippen LogP contribution is 2.32. The van der Waals surface area contributed by atoms with Crippen LogP contribution in [0, 0.1) is 13.8 Å². The molecule has 1 N–H and O–H groups in total. The maximum absolute atomic E-state index is 13.1. The topological polar surface area (TPSA) is 89.5 Å². The molecule has 37 heavy (non-hydrogen) atoms. The zero-order valence-electron chi connectivity index (χ0n) is 21.6. The second-order valence-electron chi connectivity index (χ2n) is 9.95. The van der Waals surface area contributed by atoms with Crippen LogP contribution in [0.2, 0.25) is 0 Å². The molecule has 0 bridgehead atoms. The first-order chi connectivity index (χ1) is 17.8. The summed E-state index contributed by atoms with van der Waals surface area (Å²) in [6.45, 7) is 9.90. The van der Waals surface area contributed by atoms with Gasteiger partial charge in [0, 0.05) is 54.6 Å². The van der Waals surface area contributed by atoms with Crippen LogP contribution in [-0.2, 0) is 6.42 Å². The van der Waals surface area contributed by atoms with E-state index in [9.17, 15) is 4.79 Å². The van der Waals surface area contributed by atoms with Crippen LogP contribution in [0.4, 0.5) is 16.3 Å². The van der Waals surface area contributed by atoms with Gasteiger partial charge in [-0.1, -0.05) is 6.58 Å². The molecule has 1 fully saturated rings. The van der Waals surface area contributed by atoms with E-state index in [-0.39, 0.29) is 12.1 Å². The van der Waals surface area contributed by atoms with Gasteiger partial charge in [-0.3, -0.25) is 9.47 Å². The lowest BCUT2D eigenvalue weighted by Gasteiger charge is -2.42. The van der Waals surface area contributed by atoms with Crippen LogP contribution in [-0.4, -0.2) is 58.6 Å². The Bertz CT molecular complexity index is 1300. The van der Waals surface area contributed by atoms with Crippen molar-refractivity contribution in [2.75, 3.05) is 32.0 Å². The summed E-state index contributed by atoms with van der Waals surface area (Å²) in [5.74, 6) is 2.87. The smallest absolute Gasteiger partial charge is 0.322 e. The van der Waals surface area contributed by atoms with Gasteiger partial charge in [-0.05, 0) is 44.0 Å². The molecule has 0 saturated carbocycles. The standard InChI is InChI=1S/C28H32N6O3/c1-5-36-23-6-7-25-21(16-23)8-11-33(28(35)32-25)22-9-12-34(4,13-10-22)26-17-27(30-18-29-26)37-24-14-19(2)31-20(3)15-24/h5-7,14-18,22H,1,8-13H2,2-4H3/p+1. The van der Waals surface area contributed by atoms with Gasteiger partial charge in [0.15, 0.2) is 0 Å². The second-order valence-corrected chi connectivity index (χ2v) is 9.95. The number of fused-ring (bicyclic) bond motifs is 1. The SMILES string of the molecule is C=COc1ccc2c(c1)CCN(C1CC[N+](C)(c3cc(Oc4cc(C)nc(C)c4)ncn3)CC1)C(=O)N2. The van der Waals surface area contributed by atoms with Crippen LogP contribution >= 0.6 is 0 Å². The molecule has 3 aromatic rings. The minimum atomic E-state index is -0.0436. The van der Waals surface area contributed by atoms with Crippen molar-refractivity contribution in [3.8, 4) is 17.4 Å². The summed E-state index contributed by atoms with van der Waals surface area (Å²) >= 11 is 0. The molecule has 2 aliphatic heterocycles. The highest BCUT2D eigenvalue weighted by atomic mass is 16.5. The van der Waals surface area contributed by atoms with Gasteiger partial charge in [0.05, 0.1) is 32.5 Å². The van der Waals surface area contributed by atoms with Crippen LogP contribution in [0.3, 0.4) is 0 Å². The molecule has 192 valence electrons. The van der Waals surface area contributed by atoms with Gasteiger partial charge in [0.2, 0.25) is 11.7 Å². The molecule has 4 heterocycles. The quantitative estimate of drug-likeness (QED) is 0.378. The van der Waals surface area contributed by atoms with E-state index >= 15 is 0 Å². The minimum Gasteiger partial charge on any atom is -0.466 e. The Morgan fingerprint density at radius 3 is 2.57 bits per heavy atom. The van der Waals surface area contributed by atoms with Crippen molar-refractivity contribution >= 4 is 17.5 Å². The van der Waals surface area contributed by atoms with E-state index in [1.54, 1.807) is 6.33 Å². The van der Waals surface area contributed by atoms with E-state index < -0.39 is 0 Å². The van der Waals surface area contributed by atoms with Crippen LogP contribution in [0.25, 0.3) is 0 Å². The summed E-state index contributed by atoms with van der Waals surface area (Å²) < 4.78 is 12.1. The predicted octanol–water partition coefficient (Wildman–Crippen LogP) is 4.99. The van der Waals surface area contributed by atoms with Gasteiger partial charge in [-0.2, -0.15) is 4.98 Å². The van der Waals surface area contributed by atoms with Crippen molar-refractivity contribution in [1.29, 1.82) is 0 Å². The number of pyridine rings is 1. The number of aryl methyl sites for hydroxylation is 2. The fourth-order valence-electron chi connectivity index (χ4n) is 5.27. The molecule has 0 unspecified atom stereocenters. The number of anilines is 1. The number of amides is 2. The summed E-state index contributed by atoms with van der Waals surface area (Å²) in [5, 5.41) is 3.09. The van der Waals surface area contributed by atoms with E-state index in [2.05, 4.69) is 33.9 Å². The molecule has 9 heteroatoms. The number of hydrogen-bond acceptors (Lipinski definition) is 6. The summed E-state index contributed by atoms with van der Waals surface area (Å²) in [4.78, 5) is 28.4. The Morgan fingerprint density at radius 1 is 1.08 bits per heavy atom. The number of ether oxygens (including phenoxy) is 2. The lowest BCUT2D eigenvalue weighted by Crippen LogP contribution is -2.57. The monoisotopic (exact) mass is 501 g/mol. The molecule has 0 spiro atoms. The first-order valence-electron chi connectivity index (χ1n) is 12.6. The number of nitrogens with zero attached hydrogens (tertiary/aromatic N) is 5.